The summed E-state index contributed by atoms with van der Waals surface area (Å²) in [4.78, 5) is 23.1. The molecule has 0 saturated carbocycles. The molecule has 1 N–H and O–H groups in total. The molecule has 18 heavy (non-hydrogen) atoms. The molecule has 0 aliphatic heterocycles. The van der Waals surface area contributed by atoms with Crippen molar-refractivity contribution in [2.75, 3.05) is 0 Å². The van der Waals surface area contributed by atoms with Gasteiger partial charge < -0.3 is 4.98 Å². The van der Waals surface area contributed by atoms with E-state index >= 15 is 0 Å². The van der Waals surface area contributed by atoms with Gasteiger partial charge in [0, 0.05) is 22.2 Å². The first-order valence-corrected chi connectivity index (χ1v) is 6.39. The number of H-pyrrole nitrogens is 1. The van der Waals surface area contributed by atoms with Crippen molar-refractivity contribution >= 4 is 15.9 Å². The SMILES string of the molecule is CC(C)(C)c1cc(=O)[nH]c(-c2ccc(Br)cn2)n1. The van der Waals surface area contributed by atoms with Crippen molar-refractivity contribution in [1.82, 2.24) is 15.0 Å². The minimum atomic E-state index is -0.168. The van der Waals surface area contributed by atoms with Gasteiger partial charge in [-0.1, -0.05) is 20.8 Å². The number of nitrogens with zero attached hydrogens (tertiary/aromatic N) is 2. The highest BCUT2D eigenvalue weighted by Gasteiger charge is 2.17. The number of nitrogens with one attached hydrogen (secondary N) is 1. The second kappa shape index (κ2) is 4.65. The topological polar surface area (TPSA) is 58.6 Å². The van der Waals surface area contributed by atoms with Crippen LogP contribution in [-0.4, -0.2) is 15.0 Å². The van der Waals surface area contributed by atoms with Crippen molar-refractivity contribution in [2.45, 2.75) is 26.2 Å². The van der Waals surface area contributed by atoms with Gasteiger partial charge in [-0.3, -0.25) is 9.78 Å². The largest absolute Gasteiger partial charge is 0.305 e. The van der Waals surface area contributed by atoms with Gasteiger partial charge in [0.15, 0.2) is 5.82 Å². The molecule has 2 aromatic heterocycles. The summed E-state index contributed by atoms with van der Waals surface area (Å²) >= 11 is 3.32. The lowest BCUT2D eigenvalue weighted by atomic mass is 9.92. The number of aromatic amines is 1. The summed E-state index contributed by atoms with van der Waals surface area (Å²) in [5.74, 6) is 0.500. The van der Waals surface area contributed by atoms with Crippen LogP contribution in [0.3, 0.4) is 0 Å². The Morgan fingerprint density at radius 3 is 2.56 bits per heavy atom. The van der Waals surface area contributed by atoms with Crippen molar-refractivity contribution in [1.29, 1.82) is 0 Å². The molecule has 0 saturated heterocycles. The third kappa shape index (κ3) is 2.85. The summed E-state index contributed by atoms with van der Waals surface area (Å²) in [6.45, 7) is 6.06. The maximum Gasteiger partial charge on any atom is 0.251 e. The van der Waals surface area contributed by atoms with Crippen molar-refractivity contribution in [3.05, 3.63) is 44.9 Å². The van der Waals surface area contributed by atoms with Gasteiger partial charge in [-0.15, -0.1) is 0 Å². The fraction of sp³-hybridized carbons (Fsp3) is 0.308. The van der Waals surface area contributed by atoms with Gasteiger partial charge in [0.1, 0.15) is 5.69 Å². The number of aromatic nitrogens is 3. The van der Waals surface area contributed by atoms with E-state index in [-0.39, 0.29) is 11.0 Å². The van der Waals surface area contributed by atoms with Gasteiger partial charge in [-0.2, -0.15) is 0 Å². The molecule has 0 fully saturated rings. The van der Waals surface area contributed by atoms with Gasteiger partial charge in [-0.05, 0) is 28.1 Å². The second-order valence-electron chi connectivity index (χ2n) is 5.09. The highest BCUT2D eigenvalue weighted by atomic mass is 79.9. The number of rotatable bonds is 1. The Morgan fingerprint density at radius 1 is 1.28 bits per heavy atom. The van der Waals surface area contributed by atoms with E-state index < -0.39 is 0 Å². The van der Waals surface area contributed by atoms with E-state index in [4.69, 9.17) is 0 Å². The molecule has 94 valence electrons. The quantitative estimate of drug-likeness (QED) is 0.881. The summed E-state index contributed by atoms with van der Waals surface area (Å²) in [6, 6.07) is 5.21. The fourth-order valence-corrected chi connectivity index (χ4v) is 1.71. The zero-order valence-electron chi connectivity index (χ0n) is 10.5. The van der Waals surface area contributed by atoms with Crippen LogP contribution in [0.15, 0.2) is 33.7 Å². The molecule has 0 spiro atoms. The molecule has 0 unspecified atom stereocenters. The Labute approximate surface area is 114 Å². The molecular weight excluding hydrogens is 294 g/mol. The molecule has 0 aliphatic carbocycles. The van der Waals surface area contributed by atoms with Crippen LogP contribution in [-0.2, 0) is 5.41 Å². The molecule has 5 heteroatoms. The smallest absolute Gasteiger partial charge is 0.251 e. The van der Waals surface area contributed by atoms with Crippen LogP contribution in [0, 0.1) is 0 Å². The lowest BCUT2D eigenvalue weighted by Gasteiger charge is -2.17. The Hall–Kier alpha value is -1.49. The van der Waals surface area contributed by atoms with Crippen LogP contribution in [0.2, 0.25) is 0 Å². The van der Waals surface area contributed by atoms with Crippen molar-refractivity contribution in [2.24, 2.45) is 0 Å². The van der Waals surface area contributed by atoms with Crippen molar-refractivity contribution < 1.29 is 0 Å². The summed E-state index contributed by atoms with van der Waals surface area (Å²) in [5, 5.41) is 0. The van der Waals surface area contributed by atoms with E-state index in [0.29, 0.717) is 11.5 Å². The summed E-state index contributed by atoms with van der Waals surface area (Å²) in [6.07, 6.45) is 1.68. The molecule has 2 rings (SSSR count). The standard InChI is InChI=1S/C13H14BrN3O/c1-13(2,3)10-6-11(18)17-12(16-10)9-5-4-8(14)7-15-9/h4-7H,1-3H3,(H,16,17,18). The van der Waals surface area contributed by atoms with Crippen LogP contribution >= 0.6 is 15.9 Å². The van der Waals surface area contributed by atoms with Crippen molar-refractivity contribution in [3.8, 4) is 11.5 Å². The Balaban J connectivity index is 2.55. The summed E-state index contributed by atoms with van der Waals surface area (Å²) in [7, 11) is 0. The first-order chi connectivity index (χ1) is 8.36. The molecule has 0 amide bonds. The van der Waals surface area contributed by atoms with Gasteiger partial charge in [-0.25, -0.2) is 4.98 Å². The molecule has 2 heterocycles. The predicted molar refractivity (Wildman–Crippen MR) is 74.5 cm³/mol. The average molecular weight is 308 g/mol. The number of hydrogen-bond acceptors (Lipinski definition) is 3. The van der Waals surface area contributed by atoms with E-state index in [9.17, 15) is 4.79 Å². The number of halogens is 1. The minimum Gasteiger partial charge on any atom is -0.305 e. The summed E-state index contributed by atoms with van der Waals surface area (Å²) < 4.78 is 0.889. The van der Waals surface area contributed by atoms with E-state index in [1.807, 2.05) is 32.9 Å². The highest BCUT2D eigenvalue weighted by molar-refractivity contribution is 9.10. The fourth-order valence-electron chi connectivity index (χ4n) is 1.48. The molecule has 0 aromatic carbocycles. The van der Waals surface area contributed by atoms with Gasteiger partial charge in [0.25, 0.3) is 5.56 Å². The van der Waals surface area contributed by atoms with E-state index in [1.165, 1.54) is 6.07 Å². The minimum absolute atomic E-state index is 0.158. The monoisotopic (exact) mass is 307 g/mol. The van der Waals surface area contributed by atoms with Gasteiger partial charge >= 0.3 is 0 Å². The maximum atomic E-state index is 11.7. The first-order valence-electron chi connectivity index (χ1n) is 5.60. The Bertz CT molecular complexity index is 611. The number of pyridine rings is 1. The number of hydrogen-bond donors (Lipinski definition) is 1. The molecule has 2 aromatic rings. The van der Waals surface area contributed by atoms with E-state index in [1.54, 1.807) is 6.20 Å². The van der Waals surface area contributed by atoms with E-state index in [0.717, 1.165) is 10.2 Å². The average Bonchev–Trinajstić information content (AvgIpc) is 2.28. The lowest BCUT2D eigenvalue weighted by molar-refractivity contribution is 0.566. The zero-order valence-corrected chi connectivity index (χ0v) is 12.1. The van der Waals surface area contributed by atoms with Crippen LogP contribution in [0.1, 0.15) is 26.5 Å². The third-order valence-electron chi connectivity index (χ3n) is 2.48. The van der Waals surface area contributed by atoms with E-state index in [2.05, 4.69) is 30.9 Å². The zero-order chi connectivity index (χ0) is 13.3. The molecule has 0 aliphatic rings. The van der Waals surface area contributed by atoms with Gasteiger partial charge in [0.2, 0.25) is 0 Å². The predicted octanol–water partition coefficient (Wildman–Crippen LogP) is 2.89. The van der Waals surface area contributed by atoms with Crippen molar-refractivity contribution in [3.63, 3.8) is 0 Å². The Kier molecular flexibility index (Phi) is 3.34. The first kappa shape index (κ1) is 13.0. The Morgan fingerprint density at radius 2 is 2.00 bits per heavy atom. The van der Waals surface area contributed by atoms with Crippen LogP contribution < -0.4 is 5.56 Å². The van der Waals surface area contributed by atoms with Crippen LogP contribution in [0.5, 0.6) is 0 Å². The van der Waals surface area contributed by atoms with Crippen LogP contribution in [0.4, 0.5) is 0 Å². The molecule has 4 nitrogen and oxygen atoms in total. The summed E-state index contributed by atoms with van der Waals surface area (Å²) in [5.41, 5.74) is 1.08. The van der Waals surface area contributed by atoms with Gasteiger partial charge in [0.05, 0.1) is 5.69 Å². The maximum absolute atomic E-state index is 11.7. The normalized spacial score (nSPS) is 11.6. The molecular formula is C13H14BrN3O. The molecule has 0 radical (unpaired) electrons. The molecule has 0 bridgehead atoms. The molecule has 0 atom stereocenters. The second-order valence-corrected chi connectivity index (χ2v) is 6.01. The van der Waals surface area contributed by atoms with Crippen LogP contribution in [0.25, 0.3) is 11.5 Å². The lowest BCUT2D eigenvalue weighted by Crippen LogP contribution is -2.20. The highest BCUT2D eigenvalue weighted by Crippen LogP contribution is 2.21. The third-order valence-corrected chi connectivity index (χ3v) is 2.95.